The van der Waals surface area contributed by atoms with E-state index in [-0.39, 0.29) is 44.1 Å². The number of hydrogen-bond donors (Lipinski definition) is 3. The molecule has 3 rings (SSSR count). The Morgan fingerprint density at radius 3 is 2.67 bits per heavy atom. The molecule has 0 aliphatic heterocycles. The maximum Gasteiger partial charge on any atom is 0.248 e. The third-order valence-corrected chi connectivity index (χ3v) is 9.20. The summed E-state index contributed by atoms with van der Waals surface area (Å²) in [5, 5.41) is 23.6. The zero-order valence-corrected chi connectivity index (χ0v) is 27.6. The highest BCUT2D eigenvalue weighted by molar-refractivity contribution is 14.1. The van der Waals surface area contributed by atoms with Crippen LogP contribution in [-0.2, 0) is 19.1 Å². The first-order valence-corrected chi connectivity index (χ1v) is 16.4. The molecule has 2 aliphatic carbocycles. The molecule has 0 aromatic heterocycles. The normalized spacial score (nSPS) is 26.0. The topological polar surface area (TPSA) is 118 Å². The first kappa shape index (κ1) is 34.8. The lowest BCUT2D eigenvalue weighted by molar-refractivity contribution is -0.148. The number of nitrogens with zero attached hydrogens (tertiary/aromatic N) is 1. The van der Waals surface area contributed by atoms with Crippen LogP contribution in [0.3, 0.4) is 0 Å². The molecule has 0 spiro atoms. The summed E-state index contributed by atoms with van der Waals surface area (Å²) in [7, 11) is 0. The summed E-state index contributed by atoms with van der Waals surface area (Å²) in [6.45, 7) is 9.79. The summed E-state index contributed by atoms with van der Waals surface area (Å²) in [6.07, 6.45) is 3.62. The van der Waals surface area contributed by atoms with Gasteiger partial charge in [0.15, 0.2) is 0 Å². The number of ether oxygens (including phenoxy) is 3. The average Bonchev–Trinajstić information content (AvgIpc) is 2.97. The number of rotatable bonds is 15. The van der Waals surface area contributed by atoms with Gasteiger partial charge in [0.2, 0.25) is 11.8 Å². The van der Waals surface area contributed by atoms with Crippen LogP contribution in [0.15, 0.2) is 35.9 Å². The SMILES string of the molecule is CCOCCCN(C(=O)COC1CC(C)CCC1C(C)C)C1CC(C(=O)NCCO)=CC(Oc2ccccc2I)C1O. The van der Waals surface area contributed by atoms with Crippen molar-refractivity contribution >= 4 is 34.4 Å². The van der Waals surface area contributed by atoms with Crippen LogP contribution in [0.25, 0.3) is 0 Å². The van der Waals surface area contributed by atoms with Gasteiger partial charge in [-0.3, -0.25) is 9.59 Å². The van der Waals surface area contributed by atoms with E-state index in [1.54, 1.807) is 11.0 Å². The van der Waals surface area contributed by atoms with Gasteiger partial charge in [0, 0.05) is 38.3 Å². The van der Waals surface area contributed by atoms with Crippen LogP contribution in [0.2, 0.25) is 0 Å². The number of aliphatic hydroxyl groups excluding tert-OH is 2. The van der Waals surface area contributed by atoms with Crippen LogP contribution in [-0.4, -0.2) is 90.8 Å². The lowest BCUT2D eigenvalue weighted by atomic mass is 9.75. The Labute approximate surface area is 264 Å². The molecule has 6 atom stereocenters. The largest absolute Gasteiger partial charge is 0.482 e. The van der Waals surface area contributed by atoms with E-state index in [1.807, 2.05) is 31.2 Å². The summed E-state index contributed by atoms with van der Waals surface area (Å²) in [5.74, 6) is 1.41. The molecule has 1 fully saturated rings. The van der Waals surface area contributed by atoms with Crippen LogP contribution in [0, 0.1) is 21.3 Å². The average molecular weight is 701 g/mol. The van der Waals surface area contributed by atoms with Crippen molar-refractivity contribution in [1.82, 2.24) is 10.2 Å². The van der Waals surface area contributed by atoms with Gasteiger partial charge >= 0.3 is 0 Å². The first-order chi connectivity index (χ1) is 20.2. The number of para-hydroxylation sites is 1. The van der Waals surface area contributed by atoms with Crippen molar-refractivity contribution in [2.75, 3.05) is 39.5 Å². The van der Waals surface area contributed by atoms with E-state index in [1.165, 1.54) is 6.42 Å². The van der Waals surface area contributed by atoms with Crippen molar-refractivity contribution in [3.05, 3.63) is 39.5 Å². The molecule has 2 aliphatic rings. The first-order valence-electron chi connectivity index (χ1n) is 15.3. The lowest BCUT2D eigenvalue weighted by Crippen LogP contribution is -2.56. The Kier molecular flexibility index (Phi) is 14.5. The molecule has 236 valence electrons. The van der Waals surface area contributed by atoms with E-state index in [4.69, 9.17) is 14.2 Å². The molecule has 42 heavy (non-hydrogen) atoms. The van der Waals surface area contributed by atoms with E-state index in [9.17, 15) is 19.8 Å². The molecule has 0 bridgehead atoms. The number of halogens is 1. The summed E-state index contributed by atoms with van der Waals surface area (Å²) in [5.41, 5.74) is 0.402. The number of carbonyl (C=O) groups is 2. The van der Waals surface area contributed by atoms with Gasteiger partial charge in [-0.2, -0.15) is 0 Å². The fourth-order valence-electron chi connectivity index (χ4n) is 5.99. The highest BCUT2D eigenvalue weighted by atomic mass is 127. The smallest absolute Gasteiger partial charge is 0.248 e. The second-order valence-electron chi connectivity index (χ2n) is 11.8. The number of amides is 2. The Hall–Kier alpha value is -1.73. The van der Waals surface area contributed by atoms with Crippen molar-refractivity contribution in [3.63, 3.8) is 0 Å². The second-order valence-corrected chi connectivity index (χ2v) is 12.9. The number of aliphatic hydroxyl groups is 2. The van der Waals surface area contributed by atoms with Gasteiger partial charge in [0.05, 0.1) is 22.3 Å². The second kappa shape index (κ2) is 17.5. The van der Waals surface area contributed by atoms with Gasteiger partial charge in [-0.15, -0.1) is 0 Å². The predicted octanol–water partition coefficient (Wildman–Crippen LogP) is 3.94. The van der Waals surface area contributed by atoms with Crippen molar-refractivity contribution in [3.8, 4) is 5.75 Å². The van der Waals surface area contributed by atoms with Gasteiger partial charge in [0.1, 0.15) is 24.6 Å². The summed E-state index contributed by atoms with van der Waals surface area (Å²) in [6, 6.07) is 6.75. The molecule has 0 saturated heterocycles. The summed E-state index contributed by atoms with van der Waals surface area (Å²) >= 11 is 2.17. The molecule has 2 amide bonds. The number of nitrogens with one attached hydrogen (secondary N) is 1. The minimum atomic E-state index is -1.08. The predicted molar refractivity (Wildman–Crippen MR) is 170 cm³/mol. The van der Waals surface area contributed by atoms with Crippen molar-refractivity contribution in [2.45, 2.75) is 84.2 Å². The van der Waals surface area contributed by atoms with Gasteiger partial charge in [-0.1, -0.05) is 39.3 Å². The van der Waals surface area contributed by atoms with Crippen LogP contribution < -0.4 is 10.1 Å². The fraction of sp³-hybridized carbons (Fsp3) is 0.688. The summed E-state index contributed by atoms with van der Waals surface area (Å²) in [4.78, 5) is 28.6. The molecule has 9 nitrogen and oxygen atoms in total. The zero-order valence-electron chi connectivity index (χ0n) is 25.5. The van der Waals surface area contributed by atoms with Crippen molar-refractivity contribution in [1.29, 1.82) is 0 Å². The monoisotopic (exact) mass is 700 g/mol. The molecule has 0 radical (unpaired) electrons. The molecule has 3 N–H and O–H groups in total. The van der Waals surface area contributed by atoms with Gasteiger partial charge in [-0.05, 0) is 84.7 Å². The molecule has 0 heterocycles. The van der Waals surface area contributed by atoms with Crippen molar-refractivity contribution < 1.29 is 34.0 Å². The third kappa shape index (κ3) is 9.90. The van der Waals surface area contributed by atoms with E-state index >= 15 is 0 Å². The molecule has 1 aromatic rings. The Bertz CT molecular complexity index is 1040. The molecular weight excluding hydrogens is 651 g/mol. The van der Waals surface area contributed by atoms with E-state index in [0.29, 0.717) is 55.3 Å². The molecule has 6 unspecified atom stereocenters. The van der Waals surface area contributed by atoms with Crippen molar-refractivity contribution in [2.24, 2.45) is 17.8 Å². The molecule has 1 saturated carbocycles. The summed E-state index contributed by atoms with van der Waals surface area (Å²) < 4.78 is 19.0. The van der Waals surface area contributed by atoms with Gasteiger partial charge in [0.25, 0.3) is 0 Å². The van der Waals surface area contributed by atoms with E-state index < -0.39 is 18.2 Å². The number of hydrogen-bond acceptors (Lipinski definition) is 7. The Morgan fingerprint density at radius 1 is 1.21 bits per heavy atom. The Balaban J connectivity index is 1.85. The van der Waals surface area contributed by atoms with Gasteiger partial charge < -0.3 is 34.6 Å². The molecule has 1 aromatic carbocycles. The molecular formula is C32H49IN2O7. The number of benzene rings is 1. The minimum absolute atomic E-state index is 0.00945. The van der Waals surface area contributed by atoms with Crippen LogP contribution in [0.5, 0.6) is 5.75 Å². The maximum absolute atomic E-state index is 13.9. The van der Waals surface area contributed by atoms with Crippen LogP contribution in [0.4, 0.5) is 0 Å². The van der Waals surface area contributed by atoms with Crippen LogP contribution >= 0.6 is 22.6 Å². The minimum Gasteiger partial charge on any atom is -0.482 e. The Morgan fingerprint density at radius 2 is 1.98 bits per heavy atom. The third-order valence-electron chi connectivity index (χ3n) is 8.31. The standard InChI is InChI=1S/C32H49IN2O7/c1-5-40-16-8-14-35(30(37)20-41-28-17-22(4)11-12-24(28)21(2)3)26-18-23(32(39)34-13-15-36)19-29(31(26)38)42-27-10-7-6-9-25(27)33/h6-7,9-10,19,21-22,24,26,28-29,31,36,38H,5,8,11-18,20H2,1-4H3,(H,34,39). The lowest BCUT2D eigenvalue weighted by Gasteiger charge is -2.41. The fourth-order valence-corrected chi connectivity index (χ4v) is 6.51. The number of carbonyl (C=O) groups excluding carboxylic acids is 2. The highest BCUT2D eigenvalue weighted by Gasteiger charge is 2.41. The quantitative estimate of drug-likeness (QED) is 0.188. The zero-order chi connectivity index (χ0) is 30.6. The van der Waals surface area contributed by atoms with Crippen LogP contribution in [0.1, 0.15) is 59.8 Å². The van der Waals surface area contributed by atoms with E-state index in [2.05, 4.69) is 48.7 Å². The molecule has 10 heteroatoms. The maximum atomic E-state index is 13.9. The highest BCUT2D eigenvalue weighted by Crippen LogP contribution is 2.35. The van der Waals surface area contributed by atoms with Gasteiger partial charge in [-0.25, -0.2) is 0 Å². The van der Waals surface area contributed by atoms with E-state index in [0.717, 1.165) is 16.4 Å².